The number of rotatable bonds is 9. The topological polar surface area (TPSA) is 74.4 Å². The minimum Gasteiger partial charge on any atom is -0.460 e. The molecule has 226 valence electrons. The minimum atomic E-state index is -2.64. The number of halogens is 2. The number of hydrogen-bond acceptors (Lipinski definition) is 4. The van der Waals surface area contributed by atoms with Crippen molar-refractivity contribution in [1.29, 1.82) is 0 Å². The third kappa shape index (κ3) is 7.80. The maximum atomic E-state index is 13.9. The van der Waals surface area contributed by atoms with Crippen LogP contribution in [0.1, 0.15) is 68.3 Å². The second-order valence-corrected chi connectivity index (χ2v) is 12.3. The highest BCUT2D eigenvalue weighted by atomic mass is 19.3. The first-order valence-corrected chi connectivity index (χ1v) is 14.8. The number of ether oxygens (including phenoxy) is 1. The SMILES string of the molecule is CC(C)(C)OC(=O)CCc1c[nH]c2ccc(CC(=O)NC(c3ccccc3)c3ccccc3N3CCC(F)(F)CC3)cc12. The van der Waals surface area contributed by atoms with Crippen molar-refractivity contribution in [3.8, 4) is 0 Å². The number of esters is 1. The zero-order valence-corrected chi connectivity index (χ0v) is 25.0. The lowest BCUT2D eigenvalue weighted by Crippen LogP contribution is -2.40. The number of amides is 1. The molecule has 3 aromatic carbocycles. The molecule has 0 bridgehead atoms. The zero-order chi connectivity index (χ0) is 30.6. The maximum absolute atomic E-state index is 13.9. The summed E-state index contributed by atoms with van der Waals surface area (Å²) in [5, 5.41) is 4.20. The van der Waals surface area contributed by atoms with Crippen LogP contribution in [0.3, 0.4) is 0 Å². The number of aromatic nitrogens is 1. The van der Waals surface area contributed by atoms with E-state index in [2.05, 4.69) is 10.3 Å². The third-order valence-corrected chi connectivity index (χ3v) is 7.74. The predicted molar refractivity (Wildman–Crippen MR) is 165 cm³/mol. The van der Waals surface area contributed by atoms with Crippen molar-refractivity contribution >= 4 is 28.5 Å². The fourth-order valence-electron chi connectivity index (χ4n) is 5.65. The molecular formula is C35H39F2N3O3. The van der Waals surface area contributed by atoms with Crippen LogP contribution in [0.25, 0.3) is 10.9 Å². The van der Waals surface area contributed by atoms with Gasteiger partial charge in [-0.05, 0) is 62.1 Å². The molecule has 2 N–H and O–H groups in total. The Labute approximate surface area is 251 Å². The second-order valence-electron chi connectivity index (χ2n) is 12.3. The Balaban J connectivity index is 1.34. The van der Waals surface area contributed by atoms with E-state index in [1.165, 1.54) is 0 Å². The average molecular weight is 588 g/mol. The van der Waals surface area contributed by atoms with Crippen LogP contribution in [-0.2, 0) is 27.2 Å². The Bertz CT molecular complexity index is 1570. The molecule has 1 fully saturated rings. The van der Waals surface area contributed by atoms with Crippen molar-refractivity contribution in [1.82, 2.24) is 10.3 Å². The highest BCUT2D eigenvalue weighted by Gasteiger charge is 2.35. The lowest BCUT2D eigenvalue weighted by molar-refractivity contribution is -0.154. The second kappa shape index (κ2) is 12.6. The summed E-state index contributed by atoms with van der Waals surface area (Å²) in [7, 11) is 0. The molecule has 0 radical (unpaired) electrons. The summed E-state index contributed by atoms with van der Waals surface area (Å²) in [6.07, 6.45) is 2.48. The van der Waals surface area contributed by atoms with Crippen molar-refractivity contribution in [2.24, 2.45) is 0 Å². The molecule has 1 saturated heterocycles. The molecule has 1 atom stereocenters. The first kappa shape index (κ1) is 30.3. The van der Waals surface area contributed by atoms with Gasteiger partial charge in [0.05, 0.1) is 12.5 Å². The Kier molecular flexibility index (Phi) is 8.85. The molecule has 6 nitrogen and oxygen atoms in total. The van der Waals surface area contributed by atoms with E-state index in [4.69, 9.17) is 4.74 Å². The number of nitrogens with one attached hydrogen (secondary N) is 2. The Morgan fingerprint density at radius 1 is 1.00 bits per heavy atom. The number of nitrogens with zero attached hydrogens (tertiary/aromatic N) is 1. The van der Waals surface area contributed by atoms with Crippen molar-refractivity contribution in [3.05, 3.63) is 101 Å². The van der Waals surface area contributed by atoms with Crippen LogP contribution in [0.4, 0.5) is 14.5 Å². The average Bonchev–Trinajstić information content (AvgIpc) is 3.37. The summed E-state index contributed by atoms with van der Waals surface area (Å²) in [6.45, 7) is 6.07. The third-order valence-electron chi connectivity index (χ3n) is 7.74. The lowest BCUT2D eigenvalue weighted by atomic mass is 9.95. The molecule has 8 heteroatoms. The number of aryl methyl sites for hydroxylation is 1. The fraction of sp³-hybridized carbons (Fsp3) is 0.371. The van der Waals surface area contributed by atoms with Gasteiger partial charge in [-0.3, -0.25) is 9.59 Å². The van der Waals surface area contributed by atoms with Crippen LogP contribution in [0.2, 0.25) is 0 Å². The van der Waals surface area contributed by atoms with Gasteiger partial charge in [0, 0.05) is 60.7 Å². The summed E-state index contributed by atoms with van der Waals surface area (Å²) < 4.78 is 33.3. The summed E-state index contributed by atoms with van der Waals surface area (Å²) >= 11 is 0. The number of benzene rings is 3. The quantitative estimate of drug-likeness (QED) is 0.205. The first-order chi connectivity index (χ1) is 20.5. The van der Waals surface area contributed by atoms with E-state index in [9.17, 15) is 18.4 Å². The van der Waals surface area contributed by atoms with Crippen molar-refractivity contribution in [2.75, 3.05) is 18.0 Å². The van der Waals surface area contributed by atoms with Gasteiger partial charge in [0.2, 0.25) is 5.91 Å². The number of alkyl halides is 2. The van der Waals surface area contributed by atoms with Gasteiger partial charge in [0.25, 0.3) is 5.92 Å². The molecule has 1 unspecified atom stereocenters. The number of para-hydroxylation sites is 1. The molecule has 1 aliphatic rings. The van der Waals surface area contributed by atoms with Gasteiger partial charge in [-0.25, -0.2) is 8.78 Å². The normalized spacial score (nSPS) is 15.7. The molecule has 5 rings (SSSR count). The van der Waals surface area contributed by atoms with E-state index < -0.39 is 17.6 Å². The zero-order valence-electron chi connectivity index (χ0n) is 25.0. The number of carbonyl (C=O) groups excluding carboxylic acids is 2. The van der Waals surface area contributed by atoms with Crippen LogP contribution in [-0.4, -0.2) is 41.5 Å². The van der Waals surface area contributed by atoms with Gasteiger partial charge < -0.3 is 19.9 Å². The summed E-state index contributed by atoms with van der Waals surface area (Å²) in [5.41, 5.74) is 4.89. The number of anilines is 1. The van der Waals surface area contributed by atoms with Gasteiger partial charge in [0.1, 0.15) is 5.60 Å². The van der Waals surface area contributed by atoms with Crippen molar-refractivity contribution < 1.29 is 23.1 Å². The van der Waals surface area contributed by atoms with E-state index in [1.54, 1.807) is 0 Å². The van der Waals surface area contributed by atoms with Gasteiger partial charge in [-0.2, -0.15) is 0 Å². The smallest absolute Gasteiger partial charge is 0.306 e. The fourth-order valence-corrected chi connectivity index (χ4v) is 5.65. The van der Waals surface area contributed by atoms with E-state index in [1.807, 2.05) is 105 Å². The van der Waals surface area contributed by atoms with Crippen molar-refractivity contribution in [2.45, 2.75) is 70.4 Å². The molecule has 43 heavy (non-hydrogen) atoms. The molecule has 0 spiro atoms. The maximum Gasteiger partial charge on any atom is 0.306 e. The number of carbonyl (C=O) groups is 2. The molecule has 2 heterocycles. The monoisotopic (exact) mass is 587 g/mol. The molecule has 4 aromatic rings. The van der Waals surface area contributed by atoms with Crippen molar-refractivity contribution in [3.63, 3.8) is 0 Å². The number of piperidine rings is 1. The Morgan fingerprint density at radius 3 is 2.42 bits per heavy atom. The summed E-state index contributed by atoms with van der Waals surface area (Å²) in [6, 6.07) is 22.9. The van der Waals surface area contributed by atoms with E-state index in [0.717, 1.165) is 38.8 Å². The minimum absolute atomic E-state index is 0.154. The Morgan fingerprint density at radius 2 is 1.70 bits per heavy atom. The number of hydrogen-bond donors (Lipinski definition) is 2. The van der Waals surface area contributed by atoms with Crippen LogP contribution in [0.5, 0.6) is 0 Å². The van der Waals surface area contributed by atoms with E-state index in [0.29, 0.717) is 6.42 Å². The van der Waals surface area contributed by atoms with Crippen LogP contribution in [0.15, 0.2) is 79.0 Å². The Hall–Kier alpha value is -4.20. The summed E-state index contributed by atoms with van der Waals surface area (Å²) in [5.74, 6) is -3.05. The van der Waals surface area contributed by atoms with E-state index in [-0.39, 0.29) is 50.6 Å². The molecular weight excluding hydrogens is 548 g/mol. The van der Waals surface area contributed by atoms with Crippen LogP contribution in [0, 0.1) is 0 Å². The molecule has 1 amide bonds. The van der Waals surface area contributed by atoms with Gasteiger partial charge >= 0.3 is 5.97 Å². The van der Waals surface area contributed by atoms with E-state index >= 15 is 0 Å². The van der Waals surface area contributed by atoms with Crippen LogP contribution >= 0.6 is 0 Å². The highest BCUT2D eigenvalue weighted by Crippen LogP contribution is 2.36. The lowest BCUT2D eigenvalue weighted by Gasteiger charge is -2.36. The van der Waals surface area contributed by atoms with Gasteiger partial charge in [-0.15, -0.1) is 0 Å². The molecule has 0 saturated carbocycles. The molecule has 0 aliphatic carbocycles. The molecule has 1 aliphatic heterocycles. The molecule has 1 aromatic heterocycles. The first-order valence-electron chi connectivity index (χ1n) is 14.8. The number of fused-ring (bicyclic) bond motifs is 1. The summed E-state index contributed by atoms with van der Waals surface area (Å²) in [4.78, 5) is 31.1. The van der Waals surface area contributed by atoms with Gasteiger partial charge in [-0.1, -0.05) is 54.6 Å². The largest absolute Gasteiger partial charge is 0.460 e. The number of H-pyrrole nitrogens is 1. The standard InChI is InChI=1S/C35H39F2N3O3/c1-34(2,3)43-32(42)16-14-26-23-38-29-15-13-24(21-28(26)29)22-31(41)39-33(25-9-5-4-6-10-25)27-11-7-8-12-30(27)40-19-17-35(36,37)18-20-40/h4-13,15,21,23,33,38H,14,16-20,22H2,1-3H3,(H,39,41). The van der Waals surface area contributed by atoms with Gasteiger partial charge in [0.15, 0.2) is 0 Å². The van der Waals surface area contributed by atoms with Crippen LogP contribution < -0.4 is 10.2 Å². The highest BCUT2D eigenvalue weighted by molar-refractivity contribution is 5.87. The number of aromatic amines is 1. The predicted octanol–water partition coefficient (Wildman–Crippen LogP) is 7.13.